The van der Waals surface area contributed by atoms with Gasteiger partial charge in [0.25, 0.3) is 0 Å². The Morgan fingerprint density at radius 1 is 1.15 bits per heavy atom. The van der Waals surface area contributed by atoms with Crippen molar-refractivity contribution in [3.63, 3.8) is 0 Å². The molecule has 0 aromatic heterocycles. The molecule has 6 nitrogen and oxygen atoms in total. The Morgan fingerprint density at radius 3 is 2.62 bits per heavy atom. The third-order valence-corrected chi connectivity index (χ3v) is 10.0. The number of halogens is 1. The van der Waals surface area contributed by atoms with Gasteiger partial charge in [0.15, 0.2) is 0 Å². The molecule has 2 atom stereocenters. The Balaban J connectivity index is 1.37. The summed E-state index contributed by atoms with van der Waals surface area (Å²) in [7, 11) is -2.10. The number of rotatable bonds is 4. The fraction of sp³-hybridized carbons (Fsp3) is 0.538. The SMILES string of the molecule is C[C@H]1C[C@]2(CCN1Cc1ccc(O)c(C3CCCC3)c1)CN(C)S(=O)(=O)N2c1cccc(F)c1. The van der Waals surface area contributed by atoms with Crippen molar-refractivity contribution < 1.29 is 17.9 Å². The van der Waals surface area contributed by atoms with Crippen LogP contribution in [0.4, 0.5) is 10.1 Å². The van der Waals surface area contributed by atoms with Crippen LogP contribution in [-0.4, -0.2) is 54.4 Å². The molecule has 0 amide bonds. The normalized spacial score (nSPS) is 28.2. The van der Waals surface area contributed by atoms with E-state index >= 15 is 0 Å². The number of nitrogens with zero attached hydrogens (tertiary/aromatic N) is 3. The van der Waals surface area contributed by atoms with E-state index in [9.17, 15) is 17.9 Å². The molecule has 34 heavy (non-hydrogen) atoms. The van der Waals surface area contributed by atoms with E-state index in [-0.39, 0.29) is 6.04 Å². The first-order valence-corrected chi connectivity index (χ1v) is 13.7. The average molecular weight is 488 g/mol. The van der Waals surface area contributed by atoms with E-state index in [2.05, 4.69) is 17.9 Å². The number of hydrogen-bond acceptors (Lipinski definition) is 4. The molecule has 1 aliphatic carbocycles. The Morgan fingerprint density at radius 2 is 1.91 bits per heavy atom. The van der Waals surface area contributed by atoms with E-state index in [1.807, 2.05) is 12.1 Å². The van der Waals surface area contributed by atoms with E-state index in [4.69, 9.17) is 0 Å². The van der Waals surface area contributed by atoms with Gasteiger partial charge in [0.1, 0.15) is 11.6 Å². The van der Waals surface area contributed by atoms with E-state index < -0.39 is 21.6 Å². The fourth-order valence-corrected chi connectivity index (χ4v) is 8.15. The maximum atomic E-state index is 14.0. The van der Waals surface area contributed by atoms with Crippen LogP contribution in [0, 0.1) is 5.82 Å². The summed E-state index contributed by atoms with van der Waals surface area (Å²) in [4.78, 5) is 2.39. The summed E-state index contributed by atoms with van der Waals surface area (Å²) in [5, 5.41) is 10.4. The molecule has 0 unspecified atom stereocenters. The van der Waals surface area contributed by atoms with Crippen molar-refractivity contribution in [3.05, 3.63) is 59.4 Å². The zero-order chi connectivity index (χ0) is 24.1. The van der Waals surface area contributed by atoms with Crippen LogP contribution in [0.3, 0.4) is 0 Å². The highest BCUT2D eigenvalue weighted by molar-refractivity contribution is 7.90. The lowest BCUT2D eigenvalue weighted by Crippen LogP contribution is -2.57. The van der Waals surface area contributed by atoms with Crippen LogP contribution in [0.1, 0.15) is 62.5 Å². The van der Waals surface area contributed by atoms with Gasteiger partial charge in [-0.1, -0.05) is 31.0 Å². The van der Waals surface area contributed by atoms with Gasteiger partial charge in [0.05, 0.1) is 11.2 Å². The van der Waals surface area contributed by atoms with Crippen molar-refractivity contribution in [1.82, 2.24) is 9.21 Å². The zero-order valence-corrected chi connectivity index (χ0v) is 20.8. The minimum atomic E-state index is -3.71. The maximum Gasteiger partial charge on any atom is 0.304 e. The summed E-state index contributed by atoms with van der Waals surface area (Å²) in [6.07, 6.45) is 6.05. The molecule has 1 saturated carbocycles. The standard InChI is InChI=1S/C26H34FN3O3S/c1-19-16-26(18-28(2)34(32,33)30(26)23-9-5-8-22(27)15-23)12-13-29(19)17-20-10-11-25(31)24(14-20)21-6-3-4-7-21/h5,8-11,14-15,19,21,31H,3-4,6-7,12-13,16-18H2,1-2H3/t19-,26+/m0/s1. The fourth-order valence-electron chi connectivity index (χ4n) is 6.37. The Kier molecular flexibility index (Phi) is 6.11. The third-order valence-electron chi connectivity index (χ3n) is 8.05. The van der Waals surface area contributed by atoms with Crippen LogP contribution in [-0.2, 0) is 16.8 Å². The smallest absolute Gasteiger partial charge is 0.304 e. The lowest BCUT2D eigenvalue weighted by atomic mass is 9.82. The maximum absolute atomic E-state index is 14.0. The van der Waals surface area contributed by atoms with E-state index in [1.165, 1.54) is 39.1 Å². The topological polar surface area (TPSA) is 64.1 Å². The zero-order valence-electron chi connectivity index (χ0n) is 20.0. The van der Waals surface area contributed by atoms with E-state index in [1.54, 1.807) is 19.2 Å². The number of aromatic hydroxyl groups is 1. The van der Waals surface area contributed by atoms with Crippen LogP contribution in [0.15, 0.2) is 42.5 Å². The monoisotopic (exact) mass is 487 g/mol. The molecule has 2 saturated heterocycles. The predicted molar refractivity (Wildman–Crippen MR) is 132 cm³/mol. The highest BCUT2D eigenvalue weighted by Crippen LogP contribution is 2.44. The number of piperidine rings is 1. The largest absolute Gasteiger partial charge is 0.508 e. The Bertz CT molecular complexity index is 1170. The molecule has 0 bridgehead atoms. The molecule has 5 rings (SSSR count). The summed E-state index contributed by atoms with van der Waals surface area (Å²) in [5.74, 6) is 0.403. The molecule has 184 valence electrons. The van der Waals surface area contributed by atoms with E-state index in [0.29, 0.717) is 36.7 Å². The summed E-state index contributed by atoms with van der Waals surface area (Å²) in [6, 6.07) is 12.0. The summed E-state index contributed by atoms with van der Waals surface area (Å²) in [6.45, 7) is 4.05. The van der Waals surface area contributed by atoms with Crippen LogP contribution in [0.5, 0.6) is 5.75 Å². The molecule has 2 aromatic carbocycles. The lowest BCUT2D eigenvalue weighted by molar-refractivity contribution is 0.100. The quantitative estimate of drug-likeness (QED) is 0.684. The van der Waals surface area contributed by atoms with E-state index in [0.717, 1.165) is 31.5 Å². The van der Waals surface area contributed by atoms with Gasteiger partial charge in [-0.3, -0.25) is 9.21 Å². The van der Waals surface area contributed by atoms with Gasteiger partial charge in [-0.05, 0) is 73.9 Å². The average Bonchev–Trinajstić information content (AvgIpc) is 3.37. The first kappa shape index (κ1) is 23.6. The van der Waals surface area contributed by atoms with Crippen molar-refractivity contribution in [1.29, 1.82) is 0 Å². The van der Waals surface area contributed by atoms with Crippen LogP contribution in [0.2, 0.25) is 0 Å². The van der Waals surface area contributed by atoms with Gasteiger partial charge >= 0.3 is 10.2 Å². The van der Waals surface area contributed by atoms with Gasteiger partial charge in [-0.25, -0.2) is 4.39 Å². The van der Waals surface area contributed by atoms with Gasteiger partial charge < -0.3 is 5.11 Å². The number of phenolic OH excluding ortho intramolecular Hbond substituents is 1. The second kappa shape index (κ2) is 8.81. The molecule has 3 fully saturated rings. The van der Waals surface area contributed by atoms with Gasteiger partial charge in [0, 0.05) is 32.7 Å². The molecule has 2 aliphatic heterocycles. The summed E-state index contributed by atoms with van der Waals surface area (Å²) < 4.78 is 43.4. The minimum absolute atomic E-state index is 0.148. The highest BCUT2D eigenvalue weighted by Gasteiger charge is 2.55. The second-order valence-electron chi connectivity index (χ2n) is 10.4. The minimum Gasteiger partial charge on any atom is -0.508 e. The van der Waals surface area contributed by atoms with Crippen molar-refractivity contribution in [2.45, 2.75) is 69.5 Å². The number of benzene rings is 2. The second-order valence-corrected chi connectivity index (χ2v) is 12.3. The number of hydrogen-bond donors (Lipinski definition) is 1. The van der Waals surface area contributed by atoms with Crippen LogP contribution < -0.4 is 4.31 Å². The Hall–Kier alpha value is -2.16. The lowest BCUT2D eigenvalue weighted by Gasteiger charge is -2.47. The van der Waals surface area contributed by atoms with Gasteiger partial charge in [0.2, 0.25) is 0 Å². The van der Waals surface area contributed by atoms with Crippen molar-refractivity contribution in [3.8, 4) is 5.75 Å². The number of anilines is 1. The van der Waals surface area contributed by atoms with Crippen molar-refractivity contribution in [2.24, 2.45) is 0 Å². The molecular weight excluding hydrogens is 453 g/mol. The number of likely N-dealkylation sites (N-methyl/N-ethyl adjacent to an activating group) is 1. The molecule has 3 aliphatic rings. The Labute approximate surface area is 202 Å². The molecule has 8 heteroatoms. The van der Waals surface area contributed by atoms with Crippen LogP contribution in [0.25, 0.3) is 0 Å². The first-order chi connectivity index (χ1) is 16.2. The highest BCUT2D eigenvalue weighted by atomic mass is 32.2. The third kappa shape index (κ3) is 4.10. The van der Waals surface area contributed by atoms with Gasteiger partial charge in [-0.15, -0.1) is 0 Å². The van der Waals surface area contributed by atoms with Crippen molar-refractivity contribution in [2.75, 3.05) is 24.4 Å². The van der Waals surface area contributed by atoms with Crippen molar-refractivity contribution >= 4 is 15.9 Å². The summed E-state index contributed by atoms with van der Waals surface area (Å²) >= 11 is 0. The molecular formula is C26H34FN3O3S. The molecule has 1 N–H and O–H groups in total. The van der Waals surface area contributed by atoms with Gasteiger partial charge in [-0.2, -0.15) is 12.7 Å². The first-order valence-electron chi connectivity index (χ1n) is 12.3. The number of likely N-dealkylation sites (tertiary alicyclic amines) is 1. The molecule has 1 spiro atoms. The van der Waals surface area contributed by atoms with Crippen LogP contribution >= 0.6 is 0 Å². The molecule has 2 aromatic rings. The summed E-state index contributed by atoms with van der Waals surface area (Å²) in [5.41, 5.74) is 2.05. The number of phenols is 1. The molecule has 2 heterocycles. The molecule has 0 radical (unpaired) electrons. The predicted octanol–water partition coefficient (Wildman–Crippen LogP) is 4.61.